The fourth-order valence-electron chi connectivity index (χ4n) is 11.3. The summed E-state index contributed by atoms with van der Waals surface area (Å²) in [7, 11) is -1.89. The number of rotatable bonds is 18. The van der Waals surface area contributed by atoms with Crippen LogP contribution >= 0.6 is 0 Å². The third-order valence-corrected chi connectivity index (χ3v) is 20.2. The van der Waals surface area contributed by atoms with E-state index in [1.54, 1.807) is 55.6 Å². The number of aliphatic hydroxyl groups excluding tert-OH is 1. The molecule has 7 aromatic rings. The summed E-state index contributed by atoms with van der Waals surface area (Å²) >= 11 is 0. The van der Waals surface area contributed by atoms with Crippen LogP contribution in [0.3, 0.4) is 0 Å². The number of imide groups is 1. The second kappa shape index (κ2) is 23.8. The van der Waals surface area contributed by atoms with Crippen LogP contribution in [0.25, 0.3) is 0 Å². The Labute approximate surface area is 461 Å². The first-order chi connectivity index (χ1) is 38.5. The zero-order valence-corrected chi connectivity index (χ0v) is 45.5. The van der Waals surface area contributed by atoms with Gasteiger partial charge in [0.25, 0.3) is 20.1 Å². The quantitative estimate of drug-likeness (QED) is 0.0645. The van der Waals surface area contributed by atoms with Crippen molar-refractivity contribution in [3.05, 3.63) is 228 Å². The molecule has 0 unspecified atom stereocenters. The molecule has 0 aromatic heterocycles. The fourth-order valence-corrected chi connectivity index (χ4v) is 16.0. The highest BCUT2D eigenvalue weighted by atomic mass is 28.4. The SMILES string of the molecule is COc1ccc(O[C@@H]2O[C@H](COCc3ccccc3)[C@@H](O[C@@H]3O[C@@H]4CO[C@@H](c5ccccc5)O[C@H]4[C@H](O[Si](c4ccccc4)(c4ccccc4)C(C)(C)C)[C@@H]3O)[C@H](OCc3ccccc3)[C@H]2N2C(=O)c3ccccc3C2=O)cc1. The van der Waals surface area contributed by atoms with Gasteiger partial charge in [-0.3, -0.25) is 14.5 Å². The Hall–Kier alpha value is -6.86. The number of aliphatic hydroxyl groups is 1. The van der Waals surface area contributed by atoms with Crippen LogP contribution in [0, 0.1) is 0 Å². The first-order valence-corrected chi connectivity index (χ1v) is 28.7. The molecule has 11 rings (SSSR count). The number of fused-ring (bicyclic) bond motifs is 2. The molecule has 4 heterocycles. The van der Waals surface area contributed by atoms with E-state index in [1.807, 2.05) is 127 Å². The van der Waals surface area contributed by atoms with Gasteiger partial charge in [-0.05, 0) is 62.9 Å². The normalized spacial score (nSPS) is 26.0. The van der Waals surface area contributed by atoms with E-state index in [0.717, 1.165) is 32.0 Å². The molecule has 11 atom stereocenters. The summed E-state index contributed by atoms with van der Waals surface area (Å²) < 4.78 is 68.5. The van der Waals surface area contributed by atoms with Crippen LogP contribution in [-0.4, -0.2) is 112 Å². The lowest BCUT2D eigenvalue weighted by Crippen LogP contribution is -2.73. The lowest BCUT2D eigenvalue weighted by atomic mass is 9.93. The van der Waals surface area contributed by atoms with Crippen LogP contribution in [0.15, 0.2) is 200 Å². The lowest BCUT2D eigenvalue weighted by molar-refractivity contribution is -0.380. The van der Waals surface area contributed by atoms with Crippen LogP contribution in [-0.2, 0) is 50.8 Å². The predicted molar refractivity (Wildman–Crippen MR) is 296 cm³/mol. The average Bonchev–Trinajstić information content (AvgIpc) is 3.90. The molecule has 0 bridgehead atoms. The van der Waals surface area contributed by atoms with E-state index < -0.39 is 92.8 Å². The van der Waals surface area contributed by atoms with Gasteiger partial charge in [0, 0.05) is 5.56 Å². The van der Waals surface area contributed by atoms with Gasteiger partial charge in [0.05, 0.1) is 44.7 Å². The molecule has 408 valence electrons. The van der Waals surface area contributed by atoms with Crippen molar-refractivity contribution in [2.24, 2.45) is 0 Å². The molecule has 0 spiro atoms. The summed E-state index contributed by atoms with van der Waals surface area (Å²) in [5.74, 6) is -0.177. The lowest BCUT2D eigenvalue weighted by Gasteiger charge is -2.54. The summed E-state index contributed by atoms with van der Waals surface area (Å²) in [6.07, 6.45) is -11.5. The van der Waals surface area contributed by atoms with Gasteiger partial charge in [-0.1, -0.05) is 185 Å². The van der Waals surface area contributed by atoms with E-state index >= 15 is 0 Å². The summed E-state index contributed by atoms with van der Waals surface area (Å²) in [5.41, 5.74) is 2.94. The monoisotopic (exact) mass is 1080 g/mol. The predicted octanol–water partition coefficient (Wildman–Crippen LogP) is 8.80. The Balaban J connectivity index is 1.03. The van der Waals surface area contributed by atoms with Crippen LogP contribution in [0.1, 0.15) is 64.5 Å². The standard InChI is InChI=1S/C64H65NO13Si/c1-64(2,3)79(47-28-16-8-17-29-47,48-30-18-9-19-31-48)78-58-54(66)63(75-52-41-72-61(76-56(52)58)44-26-14-7-15-27-44)77-55-51(40-70-38-42-22-10-5-11-23-42)74-62(73-46-36-34-45(69-4)35-37-46)53(57(55)71-39-43-24-12-6-13-25-43)65-59(67)49-32-20-21-33-50(49)60(65)68/h5-37,51-58,61-63,66H,38-41H2,1-4H3/t51-,52-,53-,54+,55-,56-,57-,58-,61-,62-,63+/m1/s1. The number of carbonyl (C=O) groups excluding carboxylic acids is 2. The zero-order chi connectivity index (χ0) is 54.5. The van der Waals surface area contributed by atoms with Crippen molar-refractivity contribution in [1.29, 1.82) is 0 Å². The maximum Gasteiger partial charge on any atom is 0.262 e. The number of hydrogen-bond acceptors (Lipinski definition) is 13. The molecule has 3 saturated heterocycles. The van der Waals surface area contributed by atoms with E-state index in [9.17, 15) is 14.7 Å². The van der Waals surface area contributed by atoms with Crippen LogP contribution in [0.5, 0.6) is 11.5 Å². The minimum Gasteiger partial charge on any atom is -0.497 e. The molecule has 1 N–H and O–H groups in total. The van der Waals surface area contributed by atoms with Crippen LogP contribution < -0.4 is 19.8 Å². The van der Waals surface area contributed by atoms with Gasteiger partial charge < -0.3 is 52.2 Å². The number of ether oxygens (including phenoxy) is 9. The maximum absolute atomic E-state index is 14.9. The van der Waals surface area contributed by atoms with Crippen LogP contribution in [0.2, 0.25) is 5.04 Å². The molecule has 0 radical (unpaired) electrons. The molecule has 15 heteroatoms. The molecular formula is C64H65NO13Si. The first-order valence-electron chi connectivity index (χ1n) is 26.8. The highest BCUT2D eigenvalue weighted by Crippen LogP contribution is 2.44. The number of methoxy groups -OCH3 is 1. The number of amides is 2. The Morgan fingerprint density at radius 2 is 1.13 bits per heavy atom. The molecule has 79 heavy (non-hydrogen) atoms. The Kier molecular flexibility index (Phi) is 16.3. The van der Waals surface area contributed by atoms with Crippen molar-refractivity contribution in [3.63, 3.8) is 0 Å². The van der Waals surface area contributed by atoms with Gasteiger partial charge in [-0.2, -0.15) is 0 Å². The van der Waals surface area contributed by atoms with E-state index in [0.29, 0.717) is 11.5 Å². The minimum absolute atomic E-state index is 0.0127. The number of carbonyl (C=O) groups is 2. The third-order valence-electron chi connectivity index (χ3n) is 15.1. The molecule has 0 aliphatic carbocycles. The van der Waals surface area contributed by atoms with E-state index in [2.05, 4.69) is 45.0 Å². The average molecular weight is 1080 g/mol. The van der Waals surface area contributed by atoms with Gasteiger partial charge in [0.15, 0.2) is 12.6 Å². The van der Waals surface area contributed by atoms with Gasteiger partial charge in [-0.25, -0.2) is 0 Å². The Bertz CT molecular complexity index is 3040. The van der Waals surface area contributed by atoms with Crippen molar-refractivity contribution in [1.82, 2.24) is 4.90 Å². The maximum atomic E-state index is 14.9. The number of benzene rings is 7. The van der Waals surface area contributed by atoms with Crippen molar-refractivity contribution >= 4 is 30.5 Å². The van der Waals surface area contributed by atoms with Crippen molar-refractivity contribution in [2.45, 2.75) is 107 Å². The topological polar surface area (TPSA) is 150 Å². The molecular weight excluding hydrogens is 1020 g/mol. The summed E-state index contributed by atoms with van der Waals surface area (Å²) in [6.45, 7) is 6.69. The third kappa shape index (κ3) is 11.2. The molecule has 0 saturated carbocycles. The van der Waals surface area contributed by atoms with Gasteiger partial charge in [0.1, 0.15) is 60.3 Å². The van der Waals surface area contributed by atoms with Crippen molar-refractivity contribution in [2.75, 3.05) is 20.3 Å². The number of nitrogens with zero attached hydrogens (tertiary/aromatic N) is 1. The van der Waals surface area contributed by atoms with E-state index in [4.69, 9.17) is 47.1 Å². The zero-order valence-electron chi connectivity index (χ0n) is 44.5. The first kappa shape index (κ1) is 54.1. The summed E-state index contributed by atoms with van der Waals surface area (Å²) in [6, 6.07) is 61.6. The molecule has 4 aliphatic heterocycles. The smallest absolute Gasteiger partial charge is 0.262 e. The van der Waals surface area contributed by atoms with Crippen molar-refractivity contribution < 1.29 is 61.8 Å². The minimum atomic E-state index is -3.46. The van der Waals surface area contributed by atoms with E-state index in [1.165, 1.54) is 0 Å². The Morgan fingerprint density at radius 1 is 0.595 bits per heavy atom. The summed E-state index contributed by atoms with van der Waals surface area (Å²) in [4.78, 5) is 30.9. The van der Waals surface area contributed by atoms with Gasteiger partial charge >= 0.3 is 0 Å². The van der Waals surface area contributed by atoms with Crippen molar-refractivity contribution in [3.8, 4) is 11.5 Å². The van der Waals surface area contributed by atoms with E-state index in [-0.39, 0.29) is 37.6 Å². The Morgan fingerprint density at radius 3 is 1.70 bits per heavy atom. The molecule has 4 aliphatic rings. The summed E-state index contributed by atoms with van der Waals surface area (Å²) in [5, 5.41) is 14.9. The molecule has 14 nitrogen and oxygen atoms in total. The largest absolute Gasteiger partial charge is 0.497 e. The van der Waals surface area contributed by atoms with Crippen LogP contribution in [0.4, 0.5) is 0 Å². The fraction of sp³-hybridized carbons (Fsp3) is 0.312. The second-order valence-corrected chi connectivity index (χ2v) is 25.4. The highest BCUT2D eigenvalue weighted by Gasteiger charge is 2.61. The molecule has 3 fully saturated rings. The number of hydrogen-bond donors (Lipinski definition) is 1. The second-order valence-electron chi connectivity index (χ2n) is 21.2. The molecule has 7 aromatic carbocycles. The van der Waals surface area contributed by atoms with Gasteiger partial charge in [0.2, 0.25) is 6.29 Å². The van der Waals surface area contributed by atoms with Gasteiger partial charge in [-0.15, -0.1) is 0 Å². The highest BCUT2D eigenvalue weighted by molar-refractivity contribution is 6.99. The molecule has 2 amide bonds.